The molecule has 0 amide bonds. The van der Waals surface area contributed by atoms with Crippen molar-refractivity contribution in [3.05, 3.63) is 29.3 Å². The molecule has 0 aliphatic carbocycles. The molecule has 1 heteroatoms. The van der Waals surface area contributed by atoms with Crippen molar-refractivity contribution in [3.63, 3.8) is 0 Å². The largest absolute Gasteiger partial charge is 0.385 e. The lowest BCUT2D eigenvalue weighted by atomic mass is 10.1. The van der Waals surface area contributed by atoms with E-state index in [1.54, 1.807) is 0 Å². The topological polar surface area (TPSA) is 12.0 Å². The van der Waals surface area contributed by atoms with Crippen LogP contribution in [0.5, 0.6) is 0 Å². The van der Waals surface area contributed by atoms with Crippen molar-refractivity contribution in [2.45, 2.75) is 27.2 Å². The van der Waals surface area contributed by atoms with Crippen molar-refractivity contribution in [1.29, 1.82) is 0 Å². The van der Waals surface area contributed by atoms with Crippen LogP contribution in [0, 0.1) is 13.8 Å². The van der Waals surface area contributed by atoms with Crippen molar-refractivity contribution >= 4 is 5.69 Å². The molecule has 1 aromatic rings. The van der Waals surface area contributed by atoms with Gasteiger partial charge < -0.3 is 5.32 Å². The molecule has 0 aromatic heterocycles. The van der Waals surface area contributed by atoms with Gasteiger partial charge in [-0.25, -0.2) is 0 Å². The Labute approximate surface area is 74.8 Å². The maximum Gasteiger partial charge on any atom is 0.0372 e. The van der Waals surface area contributed by atoms with E-state index in [4.69, 9.17) is 0 Å². The highest BCUT2D eigenvalue weighted by atomic mass is 14.9. The molecule has 0 aliphatic rings. The zero-order valence-corrected chi connectivity index (χ0v) is 8.15. The van der Waals surface area contributed by atoms with E-state index in [2.05, 4.69) is 44.3 Å². The summed E-state index contributed by atoms with van der Waals surface area (Å²) in [6.45, 7) is 7.54. The summed E-state index contributed by atoms with van der Waals surface area (Å²) in [6, 6.07) is 6.38. The first-order chi connectivity index (χ1) is 5.75. The number of nitrogens with one attached hydrogen (secondary N) is 1. The number of hydrogen-bond acceptors (Lipinski definition) is 1. The van der Waals surface area contributed by atoms with Gasteiger partial charge in [0.1, 0.15) is 0 Å². The van der Waals surface area contributed by atoms with Crippen molar-refractivity contribution in [2.24, 2.45) is 0 Å². The highest BCUT2D eigenvalue weighted by Crippen LogP contribution is 2.17. The van der Waals surface area contributed by atoms with E-state index in [0.717, 1.165) is 6.54 Å². The Hall–Kier alpha value is -0.980. The van der Waals surface area contributed by atoms with E-state index in [1.807, 2.05) is 0 Å². The van der Waals surface area contributed by atoms with E-state index < -0.39 is 0 Å². The molecule has 1 aromatic carbocycles. The second kappa shape index (κ2) is 4.15. The van der Waals surface area contributed by atoms with Gasteiger partial charge >= 0.3 is 0 Å². The fourth-order valence-corrected chi connectivity index (χ4v) is 1.20. The van der Waals surface area contributed by atoms with E-state index in [1.165, 1.54) is 23.2 Å². The molecule has 0 fully saturated rings. The van der Waals surface area contributed by atoms with Gasteiger partial charge in [-0.3, -0.25) is 0 Å². The van der Waals surface area contributed by atoms with E-state index in [-0.39, 0.29) is 0 Å². The summed E-state index contributed by atoms with van der Waals surface area (Å²) in [4.78, 5) is 0. The van der Waals surface area contributed by atoms with E-state index in [0.29, 0.717) is 0 Å². The number of hydrogen-bond donors (Lipinski definition) is 1. The summed E-state index contributed by atoms with van der Waals surface area (Å²) in [5.41, 5.74) is 4.00. The molecule has 0 radical (unpaired) electrons. The normalized spacial score (nSPS) is 9.92. The summed E-state index contributed by atoms with van der Waals surface area (Å²) >= 11 is 0. The molecule has 0 unspecified atom stereocenters. The summed E-state index contributed by atoms with van der Waals surface area (Å²) < 4.78 is 0. The van der Waals surface area contributed by atoms with Gasteiger partial charge in [0, 0.05) is 12.2 Å². The zero-order chi connectivity index (χ0) is 8.97. The quantitative estimate of drug-likeness (QED) is 0.722. The third-order valence-corrected chi connectivity index (χ3v) is 2.17. The molecular weight excluding hydrogens is 146 g/mol. The first kappa shape index (κ1) is 9.11. The van der Waals surface area contributed by atoms with Crippen LogP contribution in [0.3, 0.4) is 0 Å². The number of benzene rings is 1. The van der Waals surface area contributed by atoms with Crippen LogP contribution >= 0.6 is 0 Å². The van der Waals surface area contributed by atoms with Gasteiger partial charge in [0.15, 0.2) is 0 Å². The molecule has 66 valence electrons. The SMILES string of the molecule is CCCNc1cccc(C)c1C. The number of rotatable bonds is 3. The maximum atomic E-state index is 3.40. The average molecular weight is 163 g/mol. The lowest BCUT2D eigenvalue weighted by Gasteiger charge is -2.09. The number of anilines is 1. The third-order valence-electron chi connectivity index (χ3n) is 2.17. The first-order valence-electron chi connectivity index (χ1n) is 4.55. The fourth-order valence-electron chi connectivity index (χ4n) is 1.20. The zero-order valence-electron chi connectivity index (χ0n) is 8.15. The van der Waals surface area contributed by atoms with Crippen molar-refractivity contribution < 1.29 is 0 Å². The molecule has 1 N–H and O–H groups in total. The summed E-state index contributed by atoms with van der Waals surface area (Å²) in [6.07, 6.45) is 1.17. The second-order valence-corrected chi connectivity index (χ2v) is 3.17. The maximum absolute atomic E-state index is 3.40. The molecule has 0 saturated carbocycles. The monoisotopic (exact) mass is 163 g/mol. The molecule has 1 nitrogen and oxygen atoms in total. The molecule has 1 rings (SSSR count). The Balaban J connectivity index is 2.78. The van der Waals surface area contributed by atoms with Crippen molar-refractivity contribution in [3.8, 4) is 0 Å². The van der Waals surface area contributed by atoms with E-state index >= 15 is 0 Å². The lowest BCUT2D eigenvalue weighted by molar-refractivity contribution is 0.976. The smallest absolute Gasteiger partial charge is 0.0372 e. The van der Waals surface area contributed by atoms with Crippen LogP contribution < -0.4 is 5.32 Å². The Kier molecular flexibility index (Phi) is 3.15. The van der Waals surface area contributed by atoms with Crippen LogP contribution in [0.1, 0.15) is 24.5 Å². The summed E-state index contributed by atoms with van der Waals surface area (Å²) in [5, 5.41) is 3.40. The van der Waals surface area contributed by atoms with Crippen LogP contribution in [0.25, 0.3) is 0 Å². The van der Waals surface area contributed by atoms with Gasteiger partial charge in [0.05, 0.1) is 0 Å². The molecule has 0 atom stereocenters. The van der Waals surface area contributed by atoms with Gasteiger partial charge in [-0.15, -0.1) is 0 Å². The molecule has 12 heavy (non-hydrogen) atoms. The Morgan fingerprint density at radius 2 is 2.00 bits per heavy atom. The van der Waals surface area contributed by atoms with Crippen LogP contribution in [0.2, 0.25) is 0 Å². The fraction of sp³-hybridized carbons (Fsp3) is 0.455. The molecule has 0 aliphatic heterocycles. The Morgan fingerprint density at radius 1 is 1.25 bits per heavy atom. The minimum absolute atomic E-state index is 1.06. The van der Waals surface area contributed by atoms with Crippen molar-refractivity contribution in [2.75, 3.05) is 11.9 Å². The summed E-state index contributed by atoms with van der Waals surface area (Å²) in [5.74, 6) is 0. The predicted molar refractivity (Wildman–Crippen MR) is 54.7 cm³/mol. The molecule has 0 bridgehead atoms. The molecule has 0 spiro atoms. The first-order valence-corrected chi connectivity index (χ1v) is 4.55. The minimum Gasteiger partial charge on any atom is -0.385 e. The predicted octanol–water partition coefficient (Wildman–Crippen LogP) is 3.13. The van der Waals surface area contributed by atoms with Gasteiger partial charge in [-0.05, 0) is 37.5 Å². The van der Waals surface area contributed by atoms with Gasteiger partial charge in [-0.2, -0.15) is 0 Å². The van der Waals surface area contributed by atoms with Gasteiger partial charge in [0.25, 0.3) is 0 Å². The molecule has 0 saturated heterocycles. The average Bonchev–Trinajstić information content (AvgIpc) is 2.08. The van der Waals surface area contributed by atoms with Crippen LogP contribution in [0.15, 0.2) is 18.2 Å². The number of aryl methyl sites for hydroxylation is 1. The highest BCUT2D eigenvalue weighted by molar-refractivity contribution is 5.53. The van der Waals surface area contributed by atoms with Crippen molar-refractivity contribution in [1.82, 2.24) is 0 Å². The molecular formula is C11H17N. The highest BCUT2D eigenvalue weighted by Gasteiger charge is 1.97. The van der Waals surface area contributed by atoms with Crippen LogP contribution in [-0.4, -0.2) is 6.54 Å². The summed E-state index contributed by atoms with van der Waals surface area (Å²) in [7, 11) is 0. The van der Waals surface area contributed by atoms with Gasteiger partial charge in [-0.1, -0.05) is 19.1 Å². The van der Waals surface area contributed by atoms with Gasteiger partial charge in [0.2, 0.25) is 0 Å². The molecule has 0 heterocycles. The van der Waals surface area contributed by atoms with Crippen LogP contribution in [0.4, 0.5) is 5.69 Å². The third kappa shape index (κ3) is 2.00. The lowest BCUT2D eigenvalue weighted by Crippen LogP contribution is -2.01. The van der Waals surface area contributed by atoms with Crippen LogP contribution in [-0.2, 0) is 0 Å². The minimum atomic E-state index is 1.06. The second-order valence-electron chi connectivity index (χ2n) is 3.17. The Morgan fingerprint density at radius 3 is 2.67 bits per heavy atom. The Bertz CT molecular complexity index is 253. The van der Waals surface area contributed by atoms with E-state index in [9.17, 15) is 0 Å². The standard InChI is InChI=1S/C11H17N/c1-4-8-12-11-7-5-6-9(2)10(11)3/h5-7,12H,4,8H2,1-3H3.